The number of ether oxygens (including phenoxy) is 1. The molecule has 6 nitrogen and oxygen atoms in total. The predicted molar refractivity (Wildman–Crippen MR) is 84.5 cm³/mol. The molecule has 0 saturated carbocycles. The molecule has 0 fully saturated rings. The van der Waals surface area contributed by atoms with Crippen molar-refractivity contribution < 1.29 is 9.53 Å². The van der Waals surface area contributed by atoms with Crippen molar-refractivity contribution in [2.75, 3.05) is 34.3 Å². The number of likely N-dealkylation sites (N-methyl/N-ethyl adjacent to an activating group) is 1. The first-order chi connectivity index (χ1) is 10.1. The highest BCUT2D eigenvalue weighted by atomic mass is 16.5. The highest BCUT2D eigenvalue weighted by Crippen LogP contribution is 2.17. The molecule has 0 aliphatic rings. The Morgan fingerprint density at radius 2 is 2.00 bits per heavy atom. The van der Waals surface area contributed by atoms with Gasteiger partial charge < -0.3 is 20.3 Å². The number of carbonyl (C=O) groups excluding carboxylic acids is 1. The Bertz CT molecular complexity index is 486. The fourth-order valence-corrected chi connectivity index (χ4v) is 1.66. The Labute approximate surface area is 126 Å². The molecule has 6 heteroatoms. The fourth-order valence-electron chi connectivity index (χ4n) is 1.66. The molecule has 116 valence electrons. The van der Waals surface area contributed by atoms with Crippen LogP contribution in [0.4, 0.5) is 0 Å². The molecular weight excluding hydrogens is 268 g/mol. The number of nitrogens with zero attached hydrogens (tertiary/aromatic N) is 2. The number of aliphatic imine (C=N–C) groups is 1. The average Bonchev–Trinajstić information content (AvgIpc) is 2.49. The van der Waals surface area contributed by atoms with E-state index in [-0.39, 0.29) is 12.5 Å². The van der Waals surface area contributed by atoms with E-state index >= 15 is 0 Å². The monoisotopic (exact) mass is 292 g/mol. The molecule has 0 aromatic heterocycles. The largest absolute Gasteiger partial charge is 0.496 e. The number of para-hydroxylation sites is 1. The predicted octanol–water partition coefficient (Wildman–Crippen LogP) is 0.839. The van der Waals surface area contributed by atoms with Gasteiger partial charge in [0, 0.05) is 26.2 Å². The molecule has 0 unspecified atom stereocenters. The van der Waals surface area contributed by atoms with Crippen LogP contribution >= 0.6 is 0 Å². The standard InChI is InChI=1S/C15H24N4O2/c1-5-16-15(18-11-14(20)19(2)3)17-10-12-8-6-7-9-13(12)21-4/h6-9H,5,10-11H2,1-4H3,(H2,16,17,18). The molecule has 0 saturated heterocycles. The Balaban J connectivity index is 2.69. The molecule has 0 aliphatic carbocycles. The number of guanidine groups is 1. The van der Waals surface area contributed by atoms with Gasteiger partial charge in [0.1, 0.15) is 5.75 Å². The molecular formula is C15H24N4O2. The number of hydrogen-bond donors (Lipinski definition) is 2. The first-order valence-corrected chi connectivity index (χ1v) is 6.92. The summed E-state index contributed by atoms with van der Waals surface area (Å²) in [6.07, 6.45) is 0. The SMILES string of the molecule is CCNC(=NCc1ccccc1OC)NCC(=O)N(C)C. The van der Waals surface area contributed by atoms with Crippen molar-refractivity contribution in [2.24, 2.45) is 4.99 Å². The minimum absolute atomic E-state index is 0.00195. The van der Waals surface area contributed by atoms with Gasteiger partial charge in [0.05, 0.1) is 20.2 Å². The third-order valence-electron chi connectivity index (χ3n) is 2.85. The van der Waals surface area contributed by atoms with Crippen molar-refractivity contribution in [1.82, 2.24) is 15.5 Å². The molecule has 1 aromatic rings. The second-order valence-electron chi connectivity index (χ2n) is 4.65. The quantitative estimate of drug-likeness (QED) is 0.602. The van der Waals surface area contributed by atoms with Gasteiger partial charge in [-0.15, -0.1) is 0 Å². The molecule has 0 radical (unpaired) electrons. The lowest BCUT2D eigenvalue weighted by atomic mass is 10.2. The minimum atomic E-state index is -0.00195. The topological polar surface area (TPSA) is 66.0 Å². The molecule has 21 heavy (non-hydrogen) atoms. The summed E-state index contributed by atoms with van der Waals surface area (Å²) in [4.78, 5) is 17.6. The zero-order chi connectivity index (χ0) is 15.7. The number of methoxy groups -OCH3 is 1. The maximum absolute atomic E-state index is 11.6. The van der Waals surface area contributed by atoms with Gasteiger partial charge in [-0.05, 0) is 13.0 Å². The van der Waals surface area contributed by atoms with E-state index in [0.29, 0.717) is 12.5 Å². The van der Waals surface area contributed by atoms with Crippen molar-refractivity contribution in [3.05, 3.63) is 29.8 Å². The van der Waals surface area contributed by atoms with E-state index in [1.165, 1.54) is 4.90 Å². The summed E-state index contributed by atoms with van der Waals surface area (Å²) in [6.45, 7) is 3.40. The van der Waals surface area contributed by atoms with E-state index in [4.69, 9.17) is 4.74 Å². The Morgan fingerprint density at radius 3 is 2.62 bits per heavy atom. The molecule has 1 aromatic carbocycles. The first kappa shape index (κ1) is 16.8. The van der Waals surface area contributed by atoms with Gasteiger partial charge in [0.15, 0.2) is 5.96 Å². The van der Waals surface area contributed by atoms with Crippen LogP contribution < -0.4 is 15.4 Å². The summed E-state index contributed by atoms with van der Waals surface area (Å²) in [5.74, 6) is 1.41. The lowest BCUT2D eigenvalue weighted by Gasteiger charge is -2.14. The molecule has 1 rings (SSSR count). The third-order valence-corrected chi connectivity index (χ3v) is 2.85. The summed E-state index contributed by atoms with van der Waals surface area (Å²) >= 11 is 0. The third kappa shape index (κ3) is 5.72. The summed E-state index contributed by atoms with van der Waals surface area (Å²) in [5, 5.41) is 6.13. The number of amides is 1. The number of benzene rings is 1. The summed E-state index contributed by atoms with van der Waals surface area (Å²) < 4.78 is 5.30. The zero-order valence-electron chi connectivity index (χ0n) is 13.1. The molecule has 0 atom stereocenters. The normalized spacial score (nSPS) is 11.0. The van der Waals surface area contributed by atoms with Crippen LogP contribution in [0.5, 0.6) is 5.75 Å². The van der Waals surface area contributed by atoms with E-state index in [0.717, 1.165) is 17.9 Å². The van der Waals surface area contributed by atoms with Crippen LogP contribution in [0.25, 0.3) is 0 Å². The van der Waals surface area contributed by atoms with Crippen LogP contribution in [0, 0.1) is 0 Å². The fraction of sp³-hybridized carbons (Fsp3) is 0.467. The van der Waals surface area contributed by atoms with Crippen LogP contribution in [-0.4, -0.2) is 51.1 Å². The van der Waals surface area contributed by atoms with Crippen molar-refractivity contribution in [3.8, 4) is 5.75 Å². The van der Waals surface area contributed by atoms with Crippen molar-refractivity contribution in [3.63, 3.8) is 0 Å². The highest BCUT2D eigenvalue weighted by Gasteiger charge is 2.06. The summed E-state index contributed by atoms with van der Waals surface area (Å²) in [6, 6.07) is 7.74. The van der Waals surface area contributed by atoms with Gasteiger partial charge in [0.2, 0.25) is 5.91 Å². The smallest absolute Gasteiger partial charge is 0.241 e. The molecule has 0 aliphatic heterocycles. The van der Waals surface area contributed by atoms with Crippen LogP contribution in [0.2, 0.25) is 0 Å². The lowest BCUT2D eigenvalue weighted by Crippen LogP contribution is -2.42. The molecule has 1 amide bonds. The number of nitrogens with one attached hydrogen (secondary N) is 2. The van der Waals surface area contributed by atoms with Gasteiger partial charge in [0.25, 0.3) is 0 Å². The maximum atomic E-state index is 11.6. The highest BCUT2D eigenvalue weighted by molar-refractivity contribution is 5.86. The second-order valence-corrected chi connectivity index (χ2v) is 4.65. The van der Waals surface area contributed by atoms with E-state index in [1.807, 2.05) is 31.2 Å². The molecule has 0 bridgehead atoms. The summed E-state index contributed by atoms with van der Waals surface area (Å²) in [5.41, 5.74) is 0.996. The maximum Gasteiger partial charge on any atom is 0.241 e. The van der Waals surface area contributed by atoms with Crippen LogP contribution in [0.15, 0.2) is 29.3 Å². The summed E-state index contributed by atoms with van der Waals surface area (Å²) in [7, 11) is 5.09. The van der Waals surface area contributed by atoms with Gasteiger partial charge in [-0.2, -0.15) is 0 Å². The van der Waals surface area contributed by atoms with Crippen LogP contribution in [0.1, 0.15) is 12.5 Å². The average molecular weight is 292 g/mol. The first-order valence-electron chi connectivity index (χ1n) is 6.92. The van der Waals surface area contributed by atoms with E-state index < -0.39 is 0 Å². The Hall–Kier alpha value is -2.24. The van der Waals surface area contributed by atoms with Crippen molar-refractivity contribution in [1.29, 1.82) is 0 Å². The second kappa shape index (κ2) is 8.84. The number of hydrogen-bond acceptors (Lipinski definition) is 3. The van der Waals surface area contributed by atoms with Crippen LogP contribution in [-0.2, 0) is 11.3 Å². The molecule has 0 spiro atoms. The van der Waals surface area contributed by atoms with Crippen LogP contribution in [0.3, 0.4) is 0 Å². The number of rotatable bonds is 6. The Morgan fingerprint density at radius 1 is 1.29 bits per heavy atom. The van der Waals surface area contributed by atoms with E-state index in [2.05, 4.69) is 15.6 Å². The van der Waals surface area contributed by atoms with Crippen molar-refractivity contribution in [2.45, 2.75) is 13.5 Å². The minimum Gasteiger partial charge on any atom is -0.496 e. The lowest BCUT2D eigenvalue weighted by molar-refractivity contribution is -0.127. The molecule has 0 heterocycles. The van der Waals surface area contributed by atoms with Gasteiger partial charge in [-0.25, -0.2) is 4.99 Å². The Kier molecular flexibility index (Phi) is 7.08. The van der Waals surface area contributed by atoms with Gasteiger partial charge in [-0.3, -0.25) is 4.79 Å². The van der Waals surface area contributed by atoms with E-state index in [9.17, 15) is 4.79 Å². The van der Waals surface area contributed by atoms with E-state index in [1.54, 1.807) is 21.2 Å². The van der Waals surface area contributed by atoms with Crippen molar-refractivity contribution >= 4 is 11.9 Å². The molecule has 2 N–H and O–H groups in total. The number of carbonyl (C=O) groups is 1. The zero-order valence-corrected chi connectivity index (χ0v) is 13.1. The van der Waals surface area contributed by atoms with Gasteiger partial charge in [-0.1, -0.05) is 18.2 Å². The van der Waals surface area contributed by atoms with Gasteiger partial charge >= 0.3 is 0 Å².